The van der Waals surface area contributed by atoms with E-state index in [0.717, 1.165) is 10.2 Å². The molecule has 25 heavy (non-hydrogen) atoms. The fraction of sp³-hybridized carbons (Fsp3) is 0.176. The highest BCUT2D eigenvalue weighted by molar-refractivity contribution is 7.22. The molecule has 0 saturated heterocycles. The predicted molar refractivity (Wildman–Crippen MR) is 93.9 cm³/mol. The normalized spacial score (nSPS) is 11.8. The van der Waals surface area contributed by atoms with Crippen molar-refractivity contribution in [3.05, 3.63) is 48.3 Å². The van der Waals surface area contributed by atoms with E-state index in [1.165, 1.54) is 42.8 Å². The summed E-state index contributed by atoms with van der Waals surface area (Å²) in [4.78, 5) is 32.3. The number of thiazole rings is 1. The van der Waals surface area contributed by atoms with Crippen molar-refractivity contribution < 1.29 is 19.1 Å². The molecule has 1 unspecified atom stereocenters. The van der Waals surface area contributed by atoms with Crippen LogP contribution in [0.3, 0.4) is 0 Å². The fourth-order valence-electron chi connectivity index (χ4n) is 2.06. The Morgan fingerprint density at radius 2 is 1.96 bits per heavy atom. The van der Waals surface area contributed by atoms with Crippen molar-refractivity contribution in [3.63, 3.8) is 0 Å². The van der Waals surface area contributed by atoms with Crippen molar-refractivity contribution in [1.82, 2.24) is 9.97 Å². The summed E-state index contributed by atoms with van der Waals surface area (Å²) < 4.78 is 11.2. The summed E-state index contributed by atoms with van der Waals surface area (Å²) in [5.41, 5.74) is 1.09. The minimum Gasteiger partial charge on any atom is -0.497 e. The van der Waals surface area contributed by atoms with E-state index in [2.05, 4.69) is 15.3 Å². The number of rotatable bonds is 5. The second-order valence-electron chi connectivity index (χ2n) is 5.13. The van der Waals surface area contributed by atoms with Gasteiger partial charge in [0.2, 0.25) is 0 Å². The molecule has 0 saturated carbocycles. The summed E-state index contributed by atoms with van der Waals surface area (Å²) in [6, 6.07) is 8.50. The summed E-state index contributed by atoms with van der Waals surface area (Å²) in [6.07, 6.45) is 2.01. The van der Waals surface area contributed by atoms with Crippen molar-refractivity contribution in [2.45, 2.75) is 13.0 Å². The van der Waals surface area contributed by atoms with Crippen molar-refractivity contribution in [1.29, 1.82) is 0 Å². The van der Waals surface area contributed by atoms with Gasteiger partial charge < -0.3 is 9.47 Å². The lowest BCUT2D eigenvalue weighted by Gasteiger charge is -2.12. The summed E-state index contributed by atoms with van der Waals surface area (Å²) in [5.74, 6) is -0.318. The SMILES string of the molecule is COc1ccc2nc(NC(=O)C(C)OC(=O)c3ccncc3)sc2c1. The van der Waals surface area contributed by atoms with Crippen LogP contribution < -0.4 is 10.1 Å². The molecule has 0 radical (unpaired) electrons. The maximum atomic E-state index is 12.2. The maximum absolute atomic E-state index is 12.2. The van der Waals surface area contributed by atoms with E-state index in [1.54, 1.807) is 13.2 Å². The van der Waals surface area contributed by atoms with Gasteiger partial charge in [0, 0.05) is 12.4 Å². The van der Waals surface area contributed by atoms with E-state index in [4.69, 9.17) is 9.47 Å². The first-order valence-electron chi connectivity index (χ1n) is 7.43. The number of aromatic nitrogens is 2. The van der Waals surface area contributed by atoms with Crippen molar-refractivity contribution in [2.75, 3.05) is 12.4 Å². The van der Waals surface area contributed by atoms with E-state index in [1.807, 2.05) is 12.1 Å². The van der Waals surface area contributed by atoms with Crippen LogP contribution in [0.1, 0.15) is 17.3 Å². The Morgan fingerprint density at radius 1 is 1.20 bits per heavy atom. The molecule has 128 valence electrons. The van der Waals surface area contributed by atoms with Crippen LogP contribution in [0, 0.1) is 0 Å². The minimum atomic E-state index is -0.956. The third-order valence-electron chi connectivity index (χ3n) is 3.39. The molecule has 8 heteroatoms. The molecule has 0 spiro atoms. The van der Waals surface area contributed by atoms with Gasteiger partial charge in [-0.2, -0.15) is 0 Å². The molecule has 0 aliphatic heterocycles. The number of pyridine rings is 1. The minimum absolute atomic E-state index is 0.335. The number of fused-ring (bicyclic) bond motifs is 1. The van der Waals surface area contributed by atoms with Gasteiger partial charge in [-0.15, -0.1) is 0 Å². The number of methoxy groups -OCH3 is 1. The average molecular weight is 357 g/mol. The number of amides is 1. The van der Waals surface area contributed by atoms with Gasteiger partial charge in [-0.1, -0.05) is 11.3 Å². The zero-order chi connectivity index (χ0) is 17.8. The molecule has 0 fully saturated rings. The van der Waals surface area contributed by atoms with Gasteiger partial charge in [0.15, 0.2) is 11.2 Å². The van der Waals surface area contributed by atoms with E-state index in [0.29, 0.717) is 16.4 Å². The zero-order valence-corrected chi connectivity index (χ0v) is 14.4. The molecular weight excluding hydrogens is 342 g/mol. The lowest BCUT2D eigenvalue weighted by Crippen LogP contribution is -2.29. The van der Waals surface area contributed by atoms with Crippen LogP contribution in [0.25, 0.3) is 10.2 Å². The lowest BCUT2D eigenvalue weighted by molar-refractivity contribution is -0.123. The Labute approximate surface area is 147 Å². The topological polar surface area (TPSA) is 90.4 Å². The highest BCUT2D eigenvalue weighted by atomic mass is 32.1. The van der Waals surface area contributed by atoms with Gasteiger partial charge in [-0.25, -0.2) is 9.78 Å². The number of esters is 1. The van der Waals surface area contributed by atoms with Gasteiger partial charge in [-0.3, -0.25) is 15.1 Å². The highest BCUT2D eigenvalue weighted by Crippen LogP contribution is 2.29. The van der Waals surface area contributed by atoms with E-state index in [-0.39, 0.29) is 0 Å². The maximum Gasteiger partial charge on any atom is 0.339 e. The van der Waals surface area contributed by atoms with Gasteiger partial charge in [0.1, 0.15) is 5.75 Å². The molecule has 7 nitrogen and oxygen atoms in total. The van der Waals surface area contributed by atoms with E-state index >= 15 is 0 Å². The quantitative estimate of drug-likeness (QED) is 0.706. The fourth-order valence-corrected chi connectivity index (χ4v) is 2.96. The van der Waals surface area contributed by atoms with Gasteiger partial charge >= 0.3 is 5.97 Å². The first kappa shape index (κ1) is 16.8. The zero-order valence-electron chi connectivity index (χ0n) is 13.6. The number of benzene rings is 1. The Kier molecular flexibility index (Phi) is 4.90. The molecule has 0 bridgehead atoms. The van der Waals surface area contributed by atoms with Crippen LogP contribution >= 0.6 is 11.3 Å². The Morgan fingerprint density at radius 3 is 2.68 bits per heavy atom. The molecule has 2 aromatic heterocycles. The summed E-state index contributed by atoms with van der Waals surface area (Å²) in [7, 11) is 1.59. The second-order valence-corrected chi connectivity index (χ2v) is 6.16. The van der Waals surface area contributed by atoms with Crippen LogP contribution in [-0.2, 0) is 9.53 Å². The standard InChI is InChI=1S/C17H15N3O4S/c1-10(24-16(22)11-5-7-18-8-6-11)15(21)20-17-19-13-4-3-12(23-2)9-14(13)25-17/h3-10H,1-2H3,(H,19,20,21). The number of anilines is 1. The molecule has 2 heterocycles. The predicted octanol–water partition coefficient (Wildman–Crippen LogP) is 2.88. The highest BCUT2D eigenvalue weighted by Gasteiger charge is 2.20. The van der Waals surface area contributed by atoms with E-state index in [9.17, 15) is 9.59 Å². The van der Waals surface area contributed by atoms with Crippen molar-refractivity contribution in [2.24, 2.45) is 0 Å². The Hall–Kier alpha value is -3.00. The summed E-state index contributed by atoms with van der Waals surface area (Å²) in [6.45, 7) is 1.50. The number of carbonyl (C=O) groups excluding carboxylic acids is 2. The smallest absolute Gasteiger partial charge is 0.339 e. The lowest BCUT2D eigenvalue weighted by atomic mass is 10.3. The van der Waals surface area contributed by atoms with Crippen molar-refractivity contribution >= 4 is 38.6 Å². The van der Waals surface area contributed by atoms with Gasteiger partial charge in [0.25, 0.3) is 5.91 Å². The van der Waals surface area contributed by atoms with Crippen LogP contribution in [0.15, 0.2) is 42.7 Å². The largest absolute Gasteiger partial charge is 0.497 e. The number of hydrogen-bond donors (Lipinski definition) is 1. The summed E-state index contributed by atoms with van der Waals surface area (Å²) >= 11 is 1.32. The van der Waals surface area contributed by atoms with Gasteiger partial charge in [0.05, 0.1) is 22.9 Å². The number of carbonyl (C=O) groups is 2. The first-order valence-corrected chi connectivity index (χ1v) is 8.25. The van der Waals surface area contributed by atoms with Crippen LogP contribution in [0.2, 0.25) is 0 Å². The number of ether oxygens (including phenoxy) is 2. The third kappa shape index (κ3) is 3.92. The molecule has 1 aromatic carbocycles. The van der Waals surface area contributed by atoms with Crippen molar-refractivity contribution in [3.8, 4) is 5.75 Å². The number of nitrogens with one attached hydrogen (secondary N) is 1. The number of hydrogen-bond acceptors (Lipinski definition) is 7. The van der Waals surface area contributed by atoms with Crippen LogP contribution in [0.4, 0.5) is 5.13 Å². The summed E-state index contributed by atoms with van der Waals surface area (Å²) in [5, 5.41) is 3.09. The second kappa shape index (κ2) is 7.27. The van der Waals surface area contributed by atoms with Crippen LogP contribution in [-0.4, -0.2) is 35.1 Å². The first-order chi connectivity index (χ1) is 12.1. The molecule has 0 aliphatic carbocycles. The molecule has 1 atom stereocenters. The third-order valence-corrected chi connectivity index (χ3v) is 4.33. The molecule has 3 rings (SSSR count). The molecule has 1 amide bonds. The molecule has 1 N–H and O–H groups in total. The van der Waals surface area contributed by atoms with E-state index < -0.39 is 18.0 Å². The monoisotopic (exact) mass is 357 g/mol. The van der Waals surface area contributed by atoms with Gasteiger partial charge in [-0.05, 0) is 37.3 Å². The number of nitrogens with zero attached hydrogens (tertiary/aromatic N) is 2. The average Bonchev–Trinajstić information content (AvgIpc) is 3.03. The van der Waals surface area contributed by atoms with Crippen LogP contribution in [0.5, 0.6) is 5.75 Å². The molecule has 3 aromatic rings. The molecule has 0 aliphatic rings. The Bertz CT molecular complexity index is 911. The Balaban J connectivity index is 1.66. The molecular formula is C17H15N3O4S.